The summed E-state index contributed by atoms with van der Waals surface area (Å²) in [7, 11) is 0. The molecule has 0 saturated heterocycles. The van der Waals surface area contributed by atoms with Crippen molar-refractivity contribution in [3.8, 4) is 5.75 Å². The van der Waals surface area contributed by atoms with Crippen molar-refractivity contribution in [2.45, 2.75) is 27.1 Å². The summed E-state index contributed by atoms with van der Waals surface area (Å²) in [6, 6.07) is 4.08. The lowest BCUT2D eigenvalue weighted by Gasteiger charge is -2.09. The van der Waals surface area contributed by atoms with Gasteiger partial charge in [-0.1, -0.05) is 29.8 Å². The molecule has 0 atom stereocenters. The molecular formula is C10H12BrF3O. The van der Waals surface area contributed by atoms with Crippen molar-refractivity contribution in [3.63, 3.8) is 0 Å². The molecule has 0 saturated carbocycles. The van der Waals surface area contributed by atoms with Crippen LogP contribution in [0.2, 0.25) is 0 Å². The van der Waals surface area contributed by atoms with E-state index in [2.05, 4.69) is 20.7 Å². The number of rotatable bonds is 1. The minimum atomic E-state index is -4.62. The molecular weight excluding hydrogens is 273 g/mol. The molecule has 0 bridgehead atoms. The average molecular weight is 285 g/mol. The molecule has 0 fully saturated rings. The predicted molar refractivity (Wildman–Crippen MR) is 56.9 cm³/mol. The number of hydrogen-bond acceptors (Lipinski definition) is 1. The summed E-state index contributed by atoms with van der Waals surface area (Å²) in [5.74, 6) is -0.201. The Kier molecular flexibility index (Phi) is 5.72. The van der Waals surface area contributed by atoms with E-state index in [1.54, 1.807) is 6.92 Å². The molecule has 5 heteroatoms. The SMILES string of the molecule is CC.Cc1cc(OC(F)(F)F)ccc1Br. The van der Waals surface area contributed by atoms with Gasteiger partial charge in [-0.2, -0.15) is 0 Å². The molecule has 1 aromatic carbocycles. The number of hydrogen-bond donors (Lipinski definition) is 0. The van der Waals surface area contributed by atoms with Crippen molar-refractivity contribution in [1.82, 2.24) is 0 Å². The lowest BCUT2D eigenvalue weighted by Crippen LogP contribution is -2.17. The third-order valence-electron chi connectivity index (χ3n) is 1.36. The van der Waals surface area contributed by atoms with Gasteiger partial charge in [-0.05, 0) is 30.7 Å². The molecule has 0 aliphatic rings. The molecule has 0 unspecified atom stereocenters. The van der Waals surface area contributed by atoms with Crippen molar-refractivity contribution in [3.05, 3.63) is 28.2 Å². The van der Waals surface area contributed by atoms with Crippen molar-refractivity contribution in [2.75, 3.05) is 0 Å². The van der Waals surface area contributed by atoms with Crippen LogP contribution in [0.3, 0.4) is 0 Å². The van der Waals surface area contributed by atoms with Gasteiger partial charge in [-0.3, -0.25) is 0 Å². The topological polar surface area (TPSA) is 9.23 Å². The Bertz CT molecular complexity index is 310. The van der Waals surface area contributed by atoms with Crippen LogP contribution in [0, 0.1) is 6.92 Å². The Balaban J connectivity index is 0.000000921. The Labute approximate surface area is 95.4 Å². The first-order valence-electron chi connectivity index (χ1n) is 4.40. The molecule has 0 radical (unpaired) electrons. The quantitative estimate of drug-likeness (QED) is 0.727. The highest BCUT2D eigenvalue weighted by molar-refractivity contribution is 9.10. The number of ether oxygens (including phenoxy) is 1. The fourth-order valence-electron chi connectivity index (χ4n) is 0.814. The molecule has 86 valence electrons. The minimum Gasteiger partial charge on any atom is -0.406 e. The van der Waals surface area contributed by atoms with E-state index < -0.39 is 6.36 Å². The zero-order chi connectivity index (χ0) is 12.1. The summed E-state index contributed by atoms with van der Waals surface area (Å²) in [5.41, 5.74) is 0.696. The highest BCUT2D eigenvalue weighted by Crippen LogP contribution is 2.26. The third kappa shape index (κ3) is 5.67. The molecule has 15 heavy (non-hydrogen) atoms. The second-order valence-electron chi connectivity index (χ2n) is 2.46. The van der Waals surface area contributed by atoms with Crippen molar-refractivity contribution < 1.29 is 17.9 Å². The smallest absolute Gasteiger partial charge is 0.406 e. The number of alkyl halides is 3. The van der Waals surface area contributed by atoms with Crippen molar-refractivity contribution >= 4 is 15.9 Å². The van der Waals surface area contributed by atoms with Crippen LogP contribution in [-0.2, 0) is 0 Å². The van der Waals surface area contributed by atoms with Crippen LogP contribution in [0.25, 0.3) is 0 Å². The number of halogens is 4. The second-order valence-corrected chi connectivity index (χ2v) is 3.31. The highest BCUT2D eigenvalue weighted by Gasteiger charge is 2.31. The fraction of sp³-hybridized carbons (Fsp3) is 0.400. The Morgan fingerprint density at radius 2 is 1.73 bits per heavy atom. The maximum absolute atomic E-state index is 11.7. The normalized spacial score (nSPS) is 10.3. The molecule has 1 nitrogen and oxygen atoms in total. The van der Waals surface area contributed by atoms with Gasteiger partial charge in [0.05, 0.1) is 0 Å². The fourth-order valence-corrected chi connectivity index (χ4v) is 1.06. The molecule has 0 spiro atoms. The van der Waals surface area contributed by atoms with E-state index in [4.69, 9.17) is 0 Å². The summed E-state index contributed by atoms with van der Waals surface area (Å²) in [6.07, 6.45) is -4.62. The first-order valence-corrected chi connectivity index (χ1v) is 5.20. The Morgan fingerprint density at radius 1 is 1.20 bits per heavy atom. The first kappa shape index (κ1) is 14.3. The summed E-state index contributed by atoms with van der Waals surface area (Å²) < 4.78 is 39.7. The van der Waals surface area contributed by atoms with Gasteiger partial charge in [0.1, 0.15) is 5.75 Å². The van der Waals surface area contributed by atoms with Gasteiger partial charge in [0.15, 0.2) is 0 Å². The van der Waals surface area contributed by atoms with Gasteiger partial charge in [-0.25, -0.2) is 0 Å². The second kappa shape index (κ2) is 6.00. The standard InChI is InChI=1S/C8H6BrF3O.C2H6/c1-5-4-6(2-3-7(5)9)13-8(10,11)12;1-2/h2-4H,1H3;1-2H3. The monoisotopic (exact) mass is 284 g/mol. The van der Waals surface area contributed by atoms with Gasteiger partial charge >= 0.3 is 6.36 Å². The number of benzene rings is 1. The van der Waals surface area contributed by atoms with E-state index in [1.807, 2.05) is 13.8 Å². The molecule has 0 heterocycles. The van der Waals surface area contributed by atoms with Crippen LogP contribution in [0.1, 0.15) is 19.4 Å². The molecule has 1 rings (SSSR count). The van der Waals surface area contributed by atoms with E-state index >= 15 is 0 Å². The van der Waals surface area contributed by atoms with Gasteiger partial charge < -0.3 is 4.74 Å². The highest BCUT2D eigenvalue weighted by atomic mass is 79.9. The predicted octanol–water partition coefficient (Wildman–Crippen LogP) is 4.68. The van der Waals surface area contributed by atoms with Crippen molar-refractivity contribution in [1.29, 1.82) is 0 Å². The van der Waals surface area contributed by atoms with Crippen LogP contribution in [0.5, 0.6) is 5.75 Å². The Morgan fingerprint density at radius 3 is 2.13 bits per heavy atom. The average Bonchev–Trinajstić information content (AvgIpc) is 2.12. The summed E-state index contributed by atoms with van der Waals surface area (Å²) in [5, 5.41) is 0. The molecule has 0 aliphatic heterocycles. The minimum absolute atomic E-state index is 0.201. The van der Waals surface area contributed by atoms with Gasteiger partial charge in [0.2, 0.25) is 0 Å². The maximum atomic E-state index is 11.7. The summed E-state index contributed by atoms with van der Waals surface area (Å²) in [4.78, 5) is 0. The largest absolute Gasteiger partial charge is 0.573 e. The van der Waals surface area contributed by atoms with E-state index in [0.29, 0.717) is 5.56 Å². The summed E-state index contributed by atoms with van der Waals surface area (Å²) in [6.45, 7) is 5.69. The molecule has 1 aromatic rings. The molecule has 0 aliphatic carbocycles. The lowest BCUT2D eigenvalue weighted by atomic mass is 10.2. The van der Waals surface area contributed by atoms with E-state index in [-0.39, 0.29) is 5.75 Å². The maximum Gasteiger partial charge on any atom is 0.573 e. The zero-order valence-corrected chi connectivity index (χ0v) is 10.2. The van der Waals surface area contributed by atoms with E-state index in [9.17, 15) is 13.2 Å². The van der Waals surface area contributed by atoms with Crippen LogP contribution in [0.15, 0.2) is 22.7 Å². The Hall–Kier alpha value is -0.710. The van der Waals surface area contributed by atoms with Crippen molar-refractivity contribution in [2.24, 2.45) is 0 Å². The zero-order valence-electron chi connectivity index (χ0n) is 8.65. The van der Waals surface area contributed by atoms with Crippen LogP contribution < -0.4 is 4.74 Å². The summed E-state index contributed by atoms with van der Waals surface area (Å²) >= 11 is 3.17. The van der Waals surface area contributed by atoms with E-state index in [1.165, 1.54) is 18.2 Å². The van der Waals surface area contributed by atoms with E-state index in [0.717, 1.165) is 4.47 Å². The first-order chi connectivity index (χ1) is 6.88. The van der Waals surface area contributed by atoms with Gasteiger partial charge in [0, 0.05) is 4.47 Å². The molecule has 0 N–H and O–H groups in total. The molecule has 0 amide bonds. The van der Waals surface area contributed by atoms with Crippen LogP contribution in [0.4, 0.5) is 13.2 Å². The van der Waals surface area contributed by atoms with Crippen LogP contribution >= 0.6 is 15.9 Å². The lowest BCUT2D eigenvalue weighted by molar-refractivity contribution is -0.274. The van der Waals surface area contributed by atoms with Crippen LogP contribution in [-0.4, -0.2) is 6.36 Å². The van der Waals surface area contributed by atoms with Gasteiger partial charge in [-0.15, -0.1) is 13.2 Å². The van der Waals surface area contributed by atoms with Gasteiger partial charge in [0.25, 0.3) is 0 Å². The third-order valence-corrected chi connectivity index (χ3v) is 2.25. The number of aryl methyl sites for hydroxylation is 1. The molecule has 0 aromatic heterocycles.